The van der Waals surface area contributed by atoms with Crippen LogP contribution in [0.25, 0.3) is 0 Å². The van der Waals surface area contributed by atoms with Gasteiger partial charge in [-0.1, -0.05) is 23.6 Å². The molecule has 0 radical (unpaired) electrons. The number of hydrogen-bond acceptors (Lipinski definition) is 4. The average Bonchev–Trinajstić information content (AvgIpc) is 2.70. The lowest BCUT2D eigenvalue weighted by Gasteiger charge is -2.11. The van der Waals surface area contributed by atoms with Crippen LogP contribution in [0.4, 0.5) is 5.13 Å². The first-order valence-corrected chi connectivity index (χ1v) is 5.93. The Balaban J connectivity index is 2.27. The van der Waals surface area contributed by atoms with Crippen molar-refractivity contribution in [3.8, 4) is 0 Å². The first kappa shape index (κ1) is 9.86. The quantitative estimate of drug-likeness (QED) is 0.781. The van der Waals surface area contributed by atoms with Crippen LogP contribution in [-0.2, 0) is 0 Å². The molecule has 0 aromatic carbocycles. The summed E-state index contributed by atoms with van der Waals surface area (Å²) >= 11 is 6.58. The van der Waals surface area contributed by atoms with Crippen molar-refractivity contribution in [3.63, 3.8) is 0 Å². The third-order valence-corrected chi connectivity index (χ3v) is 3.97. The normalized spacial score (nSPS) is 16.2. The summed E-state index contributed by atoms with van der Waals surface area (Å²) < 4.78 is 0. The van der Waals surface area contributed by atoms with Crippen LogP contribution < -0.4 is 10.6 Å². The van der Waals surface area contributed by atoms with Crippen LogP contribution in [0.1, 0.15) is 23.4 Å². The number of anilines is 1. The van der Waals surface area contributed by atoms with E-state index in [-0.39, 0.29) is 0 Å². The van der Waals surface area contributed by atoms with Crippen molar-refractivity contribution < 1.29 is 0 Å². The van der Waals surface area contributed by atoms with Crippen molar-refractivity contribution in [3.05, 3.63) is 10.6 Å². The molecule has 0 saturated carbocycles. The van der Waals surface area contributed by atoms with Crippen molar-refractivity contribution in [1.82, 2.24) is 4.98 Å². The highest BCUT2D eigenvalue weighted by molar-refractivity contribution is 7.81. The molecule has 2 N–H and O–H groups in total. The number of rotatable bonds is 2. The molecule has 0 aliphatic carbocycles. The Bertz CT molecular complexity index is 353. The molecule has 0 bridgehead atoms. The van der Waals surface area contributed by atoms with E-state index in [0.29, 0.717) is 4.99 Å². The molecule has 0 unspecified atom stereocenters. The van der Waals surface area contributed by atoms with E-state index in [0.717, 1.165) is 28.8 Å². The standard InChI is InChI=1S/C9H13N3S2/c1-6-7(8(10)13)14-9(11-6)12-4-2-3-5-12/h2-5H2,1H3,(H2,10,13). The Hall–Kier alpha value is -0.680. The van der Waals surface area contributed by atoms with Crippen LogP contribution in [0.5, 0.6) is 0 Å². The number of nitrogens with zero attached hydrogens (tertiary/aromatic N) is 2. The molecule has 0 spiro atoms. The minimum atomic E-state index is 0.463. The Labute approximate surface area is 92.9 Å². The van der Waals surface area contributed by atoms with Crippen molar-refractivity contribution in [2.24, 2.45) is 5.73 Å². The monoisotopic (exact) mass is 227 g/mol. The summed E-state index contributed by atoms with van der Waals surface area (Å²) in [5, 5.41) is 1.07. The third kappa shape index (κ3) is 1.74. The summed E-state index contributed by atoms with van der Waals surface area (Å²) in [4.78, 5) is 8.22. The summed E-state index contributed by atoms with van der Waals surface area (Å²) in [6.07, 6.45) is 2.53. The molecule has 3 nitrogen and oxygen atoms in total. The van der Waals surface area contributed by atoms with E-state index in [4.69, 9.17) is 18.0 Å². The first-order valence-electron chi connectivity index (χ1n) is 4.70. The van der Waals surface area contributed by atoms with Gasteiger partial charge in [0.05, 0.1) is 10.6 Å². The zero-order chi connectivity index (χ0) is 10.1. The Morgan fingerprint density at radius 2 is 2.14 bits per heavy atom. The zero-order valence-corrected chi connectivity index (χ0v) is 9.75. The molecule has 0 atom stereocenters. The molecule has 0 amide bonds. The zero-order valence-electron chi connectivity index (χ0n) is 8.12. The molecule has 1 fully saturated rings. The van der Waals surface area contributed by atoms with Gasteiger partial charge in [0.2, 0.25) is 0 Å². The van der Waals surface area contributed by atoms with E-state index in [1.807, 2.05) is 6.92 Å². The van der Waals surface area contributed by atoms with Gasteiger partial charge in [0.15, 0.2) is 5.13 Å². The highest BCUT2D eigenvalue weighted by Gasteiger charge is 2.18. The maximum absolute atomic E-state index is 5.61. The Kier molecular flexibility index (Phi) is 2.69. The van der Waals surface area contributed by atoms with Crippen LogP contribution in [0.2, 0.25) is 0 Å². The van der Waals surface area contributed by atoms with Crippen LogP contribution in [0.3, 0.4) is 0 Å². The number of thiazole rings is 1. The summed E-state index contributed by atoms with van der Waals surface area (Å²) in [6, 6.07) is 0. The van der Waals surface area contributed by atoms with Gasteiger partial charge in [0.1, 0.15) is 4.99 Å². The van der Waals surface area contributed by atoms with Gasteiger partial charge in [-0.15, -0.1) is 0 Å². The van der Waals surface area contributed by atoms with Gasteiger partial charge < -0.3 is 10.6 Å². The van der Waals surface area contributed by atoms with Gasteiger partial charge in [-0.3, -0.25) is 0 Å². The second kappa shape index (κ2) is 3.82. The van der Waals surface area contributed by atoms with Gasteiger partial charge in [-0.25, -0.2) is 4.98 Å². The second-order valence-corrected chi connectivity index (χ2v) is 4.89. The first-order chi connectivity index (χ1) is 6.68. The molecule has 2 heterocycles. The van der Waals surface area contributed by atoms with Gasteiger partial charge >= 0.3 is 0 Å². The summed E-state index contributed by atoms with van der Waals surface area (Å²) in [5.74, 6) is 0. The molecular weight excluding hydrogens is 214 g/mol. The fourth-order valence-electron chi connectivity index (χ4n) is 1.65. The molecule has 1 aliphatic rings. The fraction of sp³-hybridized carbons (Fsp3) is 0.556. The highest BCUT2D eigenvalue weighted by atomic mass is 32.1. The van der Waals surface area contributed by atoms with Crippen molar-refractivity contribution in [1.29, 1.82) is 0 Å². The number of thiocarbonyl (C=S) groups is 1. The lowest BCUT2D eigenvalue weighted by molar-refractivity contribution is 0.949. The topological polar surface area (TPSA) is 42.2 Å². The summed E-state index contributed by atoms with van der Waals surface area (Å²) in [7, 11) is 0. The smallest absolute Gasteiger partial charge is 0.186 e. The molecule has 5 heteroatoms. The van der Waals surface area contributed by atoms with E-state index in [1.54, 1.807) is 11.3 Å². The largest absolute Gasteiger partial charge is 0.389 e. The second-order valence-electron chi connectivity index (χ2n) is 3.47. The van der Waals surface area contributed by atoms with Gasteiger partial charge in [-0.2, -0.15) is 0 Å². The van der Waals surface area contributed by atoms with E-state index in [2.05, 4.69) is 9.88 Å². The van der Waals surface area contributed by atoms with E-state index in [1.165, 1.54) is 12.8 Å². The average molecular weight is 227 g/mol. The highest BCUT2D eigenvalue weighted by Crippen LogP contribution is 2.28. The van der Waals surface area contributed by atoms with E-state index in [9.17, 15) is 0 Å². The maximum atomic E-state index is 5.61. The van der Waals surface area contributed by atoms with Crippen LogP contribution in [0.15, 0.2) is 0 Å². The Morgan fingerprint density at radius 3 is 2.64 bits per heavy atom. The molecular formula is C9H13N3S2. The van der Waals surface area contributed by atoms with E-state index < -0.39 is 0 Å². The molecule has 14 heavy (non-hydrogen) atoms. The predicted octanol–water partition coefficient (Wildman–Crippen LogP) is 1.69. The van der Waals surface area contributed by atoms with Gasteiger partial charge in [-0.05, 0) is 19.8 Å². The van der Waals surface area contributed by atoms with Gasteiger partial charge in [0, 0.05) is 13.1 Å². The van der Waals surface area contributed by atoms with Crippen molar-refractivity contribution in [2.45, 2.75) is 19.8 Å². The number of nitrogens with two attached hydrogens (primary N) is 1. The fourth-order valence-corrected chi connectivity index (χ4v) is 2.90. The SMILES string of the molecule is Cc1nc(N2CCCC2)sc1C(N)=S. The number of hydrogen-bond donors (Lipinski definition) is 1. The summed E-state index contributed by atoms with van der Waals surface area (Å²) in [5.41, 5.74) is 6.57. The molecule has 2 rings (SSSR count). The predicted molar refractivity (Wildman–Crippen MR) is 64.2 cm³/mol. The lowest BCUT2D eigenvalue weighted by atomic mass is 10.4. The minimum Gasteiger partial charge on any atom is -0.389 e. The van der Waals surface area contributed by atoms with Gasteiger partial charge in [0.25, 0.3) is 0 Å². The molecule has 1 saturated heterocycles. The minimum absolute atomic E-state index is 0.463. The number of aryl methyl sites for hydroxylation is 1. The lowest BCUT2D eigenvalue weighted by Crippen LogP contribution is -2.17. The summed E-state index contributed by atoms with van der Waals surface area (Å²) in [6.45, 7) is 4.19. The van der Waals surface area contributed by atoms with Crippen molar-refractivity contribution in [2.75, 3.05) is 18.0 Å². The molecule has 1 aliphatic heterocycles. The van der Waals surface area contributed by atoms with Crippen LogP contribution in [0, 0.1) is 6.92 Å². The molecule has 1 aromatic heterocycles. The van der Waals surface area contributed by atoms with Crippen LogP contribution >= 0.6 is 23.6 Å². The number of aromatic nitrogens is 1. The third-order valence-electron chi connectivity index (χ3n) is 2.39. The Morgan fingerprint density at radius 1 is 1.50 bits per heavy atom. The van der Waals surface area contributed by atoms with Crippen LogP contribution in [-0.4, -0.2) is 23.1 Å². The van der Waals surface area contributed by atoms with Crippen molar-refractivity contribution >= 4 is 33.7 Å². The molecule has 76 valence electrons. The van der Waals surface area contributed by atoms with E-state index >= 15 is 0 Å². The maximum Gasteiger partial charge on any atom is 0.186 e. The molecule has 1 aromatic rings.